The van der Waals surface area contributed by atoms with Crippen LogP contribution in [0.3, 0.4) is 0 Å². The summed E-state index contributed by atoms with van der Waals surface area (Å²) in [6.07, 6.45) is 2.08. The van der Waals surface area contributed by atoms with E-state index >= 15 is 0 Å². The maximum Gasteiger partial charge on any atom is 0.0977 e. The molecule has 0 fully saturated rings. The fourth-order valence-corrected chi connectivity index (χ4v) is 1.86. The molecule has 1 aromatic rings. The Morgan fingerprint density at radius 3 is 2.30 bits per heavy atom. The maximum absolute atomic E-state index is 9.43. The molecular formula is C17H28O3. The van der Waals surface area contributed by atoms with Gasteiger partial charge in [-0.25, -0.2) is 9.78 Å². The normalized spacial score (nSPS) is 15.1. The van der Waals surface area contributed by atoms with Crippen LogP contribution in [0, 0.1) is 0 Å². The lowest BCUT2D eigenvalue weighted by atomic mass is 10.0. The van der Waals surface area contributed by atoms with E-state index in [2.05, 4.69) is 19.1 Å². The topological polar surface area (TPSA) is 38.7 Å². The number of hydrogen-bond donors (Lipinski definition) is 1. The van der Waals surface area contributed by atoms with Gasteiger partial charge in [-0.05, 0) is 51.7 Å². The fraction of sp³-hybridized carbons (Fsp3) is 0.647. The number of aliphatic hydroxyl groups is 1. The molecular weight excluding hydrogens is 252 g/mol. The standard InChI is InChI=1S/C17H28O3/c1-6-17(4,5)20-19-14(3)11-16-9-7-8-15(12-16)10-13(2)18/h7-9,12-14,18H,6,10-11H2,1-5H3. The second-order valence-corrected chi connectivity index (χ2v) is 6.18. The third kappa shape index (κ3) is 6.51. The zero-order valence-electron chi connectivity index (χ0n) is 13.3. The third-order valence-electron chi connectivity index (χ3n) is 3.34. The van der Waals surface area contributed by atoms with Crippen LogP contribution in [-0.2, 0) is 22.6 Å². The highest BCUT2D eigenvalue weighted by molar-refractivity contribution is 5.24. The Morgan fingerprint density at radius 2 is 1.75 bits per heavy atom. The SMILES string of the molecule is CCC(C)(C)OOC(C)Cc1cccc(CC(C)O)c1. The van der Waals surface area contributed by atoms with Gasteiger partial charge in [0.1, 0.15) is 0 Å². The van der Waals surface area contributed by atoms with E-state index in [1.807, 2.05) is 32.9 Å². The number of benzene rings is 1. The lowest BCUT2D eigenvalue weighted by Gasteiger charge is -2.24. The van der Waals surface area contributed by atoms with E-state index in [0.717, 1.165) is 18.4 Å². The minimum atomic E-state index is -0.312. The summed E-state index contributed by atoms with van der Waals surface area (Å²) in [7, 11) is 0. The second kappa shape index (κ2) is 7.77. The zero-order valence-corrected chi connectivity index (χ0v) is 13.3. The van der Waals surface area contributed by atoms with E-state index in [1.54, 1.807) is 6.92 Å². The van der Waals surface area contributed by atoms with E-state index in [0.29, 0.717) is 6.42 Å². The first kappa shape index (κ1) is 17.2. The summed E-state index contributed by atoms with van der Waals surface area (Å²) in [6.45, 7) is 9.92. The lowest BCUT2D eigenvalue weighted by molar-refractivity contribution is -0.374. The maximum atomic E-state index is 9.43. The number of aliphatic hydroxyl groups excluding tert-OH is 1. The quantitative estimate of drug-likeness (QED) is 0.583. The molecule has 0 aliphatic heterocycles. The monoisotopic (exact) mass is 280 g/mol. The van der Waals surface area contributed by atoms with Crippen LogP contribution in [0.5, 0.6) is 0 Å². The first-order chi connectivity index (χ1) is 9.32. The molecule has 1 N–H and O–H groups in total. The van der Waals surface area contributed by atoms with Gasteiger partial charge in [0.2, 0.25) is 0 Å². The van der Waals surface area contributed by atoms with Gasteiger partial charge in [-0.1, -0.05) is 31.2 Å². The number of rotatable bonds is 8. The zero-order chi connectivity index (χ0) is 15.2. The molecule has 3 heteroatoms. The van der Waals surface area contributed by atoms with Gasteiger partial charge in [-0.3, -0.25) is 0 Å². The highest BCUT2D eigenvalue weighted by Crippen LogP contribution is 2.17. The summed E-state index contributed by atoms with van der Waals surface area (Å²) >= 11 is 0. The van der Waals surface area contributed by atoms with Gasteiger partial charge >= 0.3 is 0 Å². The summed E-state index contributed by atoms with van der Waals surface area (Å²) in [4.78, 5) is 10.9. The first-order valence-corrected chi connectivity index (χ1v) is 7.43. The third-order valence-corrected chi connectivity index (χ3v) is 3.34. The molecule has 0 saturated carbocycles. The van der Waals surface area contributed by atoms with Crippen LogP contribution in [0.25, 0.3) is 0 Å². The molecule has 0 bridgehead atoms. The van der Waals surface area contributed by atoms with Crippen LogP contribution >= 0.6 is 0 Å². The summed E-state index contributed by atoms with van der Waals surface area (Å²) in [6, 6.07) is 8.27. The van der Waals surface area contributed by atoms with Crippen molar-refractivity contribution in [2.24, 2.45) is 0 Å². The molecule has 0 saturated heterocycles. The van der Waals surface area contributed by atoms with Crippen molar-refractivity contribution in [3.63, 3.8) is 0 Å². The molecule has 0 heterocycles. The average Bonchev–Trinajstić information content (AvgIpc) is 2.36. The molecule has 0 aliphatic carbocycles. The summed E-state index contributed by atoms with van der Waals surface area (Å²) in [5, 5.41) is 9.43. The Hall–Kier alpha value is -0.900. The molecule has 1 aromatic carbocycles. The van der Waals surface area contributed by atoms with E-state index < -0.39 is 0 Å². The molecule has 3 nitrogen and oxygen atoms in total. The van der Waals surface area contributed by atoms with E-state index in [1.165, 1.54) is 5.56 Å². The van der Waals surface area contributed by atoms with Crippen LogP contribution in [-0.4, -0.2) is 22.9 Å². The van der Waals surface area contributed by atoms with Crippen molar-refractivity contribution >= 4 is 0 Å². The van der Waals surface area contributed by atoms with Gasteiger partial charge in [0, 0.05) is 6.42 Å². The molecule has 2 atom stereocenters. The highest BCUT2D eigenvalue weighted by atomic mass is 17.2. The minimum absolute atomic E-state index is 0.00243. The molecule has 0 radical (unpaired) electrons. The second-order valence-electron chi connectivity index (χ2n) is 6.18. The van der Waals surface area contributed by atoms with Crippen molar-refractivity contribution in [1.82, 2.24) is 0 Å². The highest BCUT2D eigenvalue weighted by Gasteiger charge is 2.18. The van der Waals surface area contributed by atoms with Gasteiger partial charge in [0.15, 0.2) is 0 Å². The Kier molecular flexibility index (Phi) is 6.66. The molecule has 2 unspecified atom stereocenters. The Balaban J connectivity index is 2.51. The van der Waals surface area contributed by atoms with Crippen molar-refractivity contribution in [3.8, 4) is 0 Å². The summed E-state index contributed by atoms with van der Waals surface area (Å²) in [5.74, 6) is 0. The Bertz CT molecular complexity index is 399. The fourth-order valence-electron chi connectivity index (χ4n) is 1.86. The Labute approximate surface area is 122 Å². The van der Waals surface area contributed by atoms with Gasteiger partial charge in [-0.15, -0.1) is 0 Å². The van der Waals surface area contributed by atoms with Crippen LogP contribution in [0.4, 0.5) is 0 Å². The van der Waals surface area contributed by atoms with Crippen molar-refractivity contribution < 1.29 is 14.9 Å². The number of hydrogen-bond acceptors (Lipinski definition) is 3. The molecule has 20 heavy (non-hydrogen) atoms. The predicted octanol–water partition coefficient (Wildman–Crippen LogP) is 3.68. The predicted molar refractivity (Wildman–Crippen MR) is 81.5 cm³/mol. The van der Waals surface area contributed by atoms with Crippen molar-refractivity contribution in [3.05, 3.63) is 35.4 Å². The van der Waals surface area contributed by atoms with Crippen LogP contribution in [0.1, 0.15) is 52.2 Å². The molecule has 114 valence electrons. The minimum Gasteiger partial charge on any atom is -0.393 e. The molecule has 1 rings (SSSR count). The molecule has 0 aliphatic rings. The van der Waals surface area contributed by atoms with Gasteiger partial charge < -0.3 is 5.11 Å². The van der Waals surface area contributed by atoms with Crippen molar-refractivity contribution in [2.45, 2.75) is 71.7 Å². The van der Waals surface area contributed by atoms with Gasteiger partial charge in [0.25, 0.3) is 0 Å². The van der Waals surface area contributed by atoms with E-state index in [9.17, 15) is 5.11 Å². The molecule has 0 aromatic heterocycles. The summed E-state index contributed by atoms with van der Waals surface area (Å²) < 4.78 is 0. The molecule has 0 spiro atoms. The van der Waals surface area contributed by atoms with E-state index in [4.69, 9.17) is 9.78 Å². The first-order valence-electron chi connectivity index (χ1n) is 7.43. The lowest BCUT2D eigenvalue weighted by Crippen LogP contribution is -2.26. The van der Waals surface area contributed by atoms with Crippen LogP contribution < -0.4 is 0 Å². The van der Waals surface area contributed by atoms with Crippen LogP contribution in [0.15, 0.2) is 24.3 Å². The smallest absolute Gasteiger partial charge is 0.0977 e. The summed E-state index contributed by atoms with van der Waals surface area (Å²) in [5.41, 5.74) is 2.11. The van der Waals surface area contributed by atoms with E-state index in [-0.39, 0.29) is 17.8 Å². The van der Waals surface area contributed by atoms with Gasteiger partial charge in [-0.2, -0.15) is 0 Å². The largest absolute Gasteiger partial charge is 0.393 e. The Morgan fingerprint density at radius 1 is 1.15 bits per heavy atom. The van der Waals surface area contributed by atoms with Crippen LogP contribution in [0.2, 0.25) is 0 Å². The average molecular weight is 280 g/mol. The molecule has 0 amide bonds. The van der Waals surface area contributed by atoms with Crippen molar-refractivity contribution in [2.75, 3.05) is 0 Å². The van der Waals surface area contributed by atoms with Crippen molar-refractivity contribution in [1.29, 1.82) is 0 Å². The van der Waals surface area contributed by atoms with Gasteiger partial charge in [0.05, 0.1) is 17.8 Å².